The number of ketones is 1. The molecule has 0 atom stereocenters. The van der Waals surface area contributed by atoms with Crippen LogP contribution >= 0.6 is 0 Å². The Morgan fingerprint density at radius 2 is 1.56 bits per heavy atom. The van der Waals surface area contributed by atoms with Crippen molar-refractivity contribution in [1.29, 1.82) is 0 Å². The normalized spacial score (nSPS) is 17.4. The summed E-state index contributed by atoms with van der Waals surface area (Å²) in [6.45, 7) is 0. The molecule has 7 nitrogen and oxygen atoms in total. The molecule has 1 amide bonds. The molecule has 2 heterocycles. The van der Waals surface area contributed by atoms with E-state index in [4.69, 9.17) is 13.0 Å². The number of nitrogens with one attached hydrogen (secondary N) is 2. The second-order valence-corrected chi connectivity index (χ2v) is 7.12. The monoisotopic (exact) mass is 366 g/mol. The Morgan fingerprint density at radius 3 is 2.24 bits per heavy atom. The molecule has 2 aromatic rings. The summed E-state index contributed by atoms with van der Waals surface area (Å²) in [5.41, 5.74) is 3.78. The van der Waals surface area contributed by atoms with E-state index < -0.39 is 11.0 Å². The van der Waals surface area contributed by atoms with Gasteiger partial charge in [0.1, 0.15) is 0 Å². The molecule has 2 aromatic carbocycles. The first-order valence-electron chi connectivity index (χ1n) is 7.29. The third-order valence-corrected chi connectivity index (χ3v) is 4.45. The van der Waals surface area contributed by atoms with E-state index in [2.05, 4.69) is 10.6 Å². The Labute approximate surface area is 162 Å². The minimum atomic E-state index is -3.12. The Balaban J connectivity index is 0.000000415. The van der Waals surface area contributed by atoms with E-state index in [0.717, 1.165) is 44.9 Å². The smallest absolute Gasteiger partial charge is 0.254 e. The molecule has 0 saturated carbocycles. The van der Waals surface area contributed by atoms with Gasteiger partial charge in [-0.2, -0.15) is 0 Å². The Bertz CT molecular complexity index is 1010. The number of para-hydroxylation sites is 1. The molecule has 122 valence electrons. The van der Waals surface area contributed by atoms with Crippen molar-refractivity contribution in [3.63, 3.8) is 0 Å². The Hall–Kier alpha value is -1.97. The summed E-state index contributed by atoms with van der Waals surface area (Å²) in [6.07, 6.45) is 0. The second-order valence-electron chi connectivity index (χ2n) is 5.49. The van der Waals surface area contributed by atoms with Gasteiger partial charge in [-0.1, -0.05) is 0 Å². The average Bonchev–Trinajstić information content (AvgIpc) is 3.03. The van der Waals surface area contributed by atoms with E-state index in [1.165, 1.54) is 2.81 Å². The molecule has 25 heavy (non-hydrogen) atoms. The molecule has 0 bridgehead atoms. The van der Waals surface area contributed by atoms with Gasteiger partial charge in [0.05, 0.1) is 0 Å². The van der Waals surface area contributed by atoms with Gasteiger partial charge in [0.15, 0.2) is 0 Å². The molecular weight excluding hydrogens is 355 g/mol. The van der Waals surface area contributed by atoms with E-state index in [1.54, 1.807) is 6.07 Å². The van der Waals surface area contributed by atoms with Crippen molar-refractivity contribution in [1.82, 2.24) is 0 Å². The van der Waals surface area contributed by atoms with E-state index >= 15 is 0 Å². The van der Waals surface area contributed by atoms with E-state index in [0.29, 0.717) is 16.8 Å². The SMILES string of the molecule is O=C1Nc2cc[c]([Na])cc2C1=C1Nc2ccccc2C1=O.O=[SH](=O)O. The zero-order chi connectivity index (χ0) is 18.1. The summed E-state index contributed by atoms with van der Waals surface area (Å²) in [7, 11) is -3.12. The predicted octanol–water partition coefficient (Wildman–Crippen LogP) is 0.523. The molecule has 2 aliphatic rings. The minimum Gasteiger partial charge on any atom is -0.288 e. The number of rotatable bonds is 0. The quantitative estimate of drug-likeness (QED) is 0.234. The van der Waals surface area contributed by atoms with Gasteiger partial charge in [-0.15, -0.1) is 0 Å². The van der Waals surface area contributed by atoms with Gasteiger partial charge in [-0.25, -0.2) is 8.42 Å². The fourth-order valence-electron chi connectivity index (χ4n) is 2.82. The van der Waals surface area contributed by atoms with Crippen LogP contribution in [0.25, 0.3) is 5.57 Å². The minimum absolute atomic E-state index is 0.123. The number of allylic oxidation sites excluding steroid dienone is 1. The van der Waals surface area contributed by atoms with Crippen molar-refractivity contribution in [2.45, 2.75) is 0 Å². The van der Waals surface area contributed by atoms with Gasteiger partial charge in [-0.3, -0.25) is 4.55 Å². The number of fused-ring (bicyclic) bond motifs is 2. The van der Waals surface area contributed by atoms with Crippen molar-refractivity contribution < 1.29 is 22.6 Å². The van der Waals surface area contributed by atoms with Gasteiger partial charge in [0, 0.05) is 0 Å². The number of carbonyl (C=O) groups excluding carboxylic acids is 2. The molecule has 0 saturated heterocycles. The predicted molar refractivity (Wildman–Crippen MR) is 94.7 cm³/mol. The van der Waals surface area contributed by atoms with Crippen LogP contribution in [0.4, 0.5) is 11.4 Å². The molecule has 9 heteroatoms. The summed E-state index contributed by atoms with van der Waals surface area (Å²) in [4.78, 5) is 24.8. The number of thiol groups is 1. The molecule has 0 spiro atoms. The van der Waals surface area contributed by atoms with Crippen LogP contribution < -0.4 is 13.4 Å². The fourth-order valence-corrected chi connectivity index (χ4v) is 3.28. The van der Waals surface area contributed by atoms with Gasteiger partial charge in [0.25, 0.3) is 11.0 Å². The number of hydrogen-bond donors (Lipinski definition) is 4. The first kappa shape index (κ1) is 17.8. The van der Waals surface area contributed by atoms with Gasteiger partial charge >= 0.3 is 139 Å². The summed E-state index contributed by atoms with van der Waals surface area (Å²) in [5, 5.41) is 5.92. The molecule has 0 unspecified atom stereocenters. The van der Waals surface area contributed by atoms with Crippen LogP contribution in [0.1, 0.15) is 15.9 Å². The zero-order valence-corrected chi connectivity index (χ0v) is 16.0. The van der Waals surface area contributed by atoms with Crippen LogP contribution in [0.5, 0.6) is 0 Å². The van der Waals surface area contributed by atoms with Crippen molar-refractivity contribution in [3.8, 4) is 0 Å². The Kier molecular flexibility index (Phi) is 5.07. The number of anilines is 2. The van der Waals surface area contributed by atoms with Gasteiger partial charge in [0.2, 0.25) is 0 Å². The average molecular weight is 366 g/mol. The maximum atomic E-state index is 12.5. The molecule has 0 fully saturated rings. The van der Waals surface area contributed by atoms with Gasteiger partial charge in [-0.05, 0) is 0 Å². The standard InChI is InChI=1S/C16H9N2O2.Na.H2O3S/c19-15-10-6-2-4-8-12(10)17-14(15)13-9-5-1-3-7-11(9)18-16(13)20;;1-4(2)3/h2-8,17H,(H,18,20);;4H,(H,1,2,3). The molecule has 4 rings (SSSR count). The van der Waals surface area contributed by atoms with Crippen LogP contribution in [0.15, 0.2) is 48.2 Å². The summed E-state index contributed by atoms with van der Waals surface area (Å²) in [6, 6.07) is 13.2. The maximum absolute atomic E-state index is 12.5. The third-order valence-electron chi connectivity index (χ3n) is 3.83. The zero-order valence-electron chi connectivity index (χ0n) is 13.1. The Morgan fingerprint density at radius 1 is 0.920 bits per heavy atom. The largest absolute Gasteiger partial charge is 0.288 e. The number of Topliss-reactive ketones (excluding diaryl/α,β-unsaturated/α-hetero) is 1. The second kappa shape index (κ2) is 7.11. The van der Waals surface area contributed by atoms with E-state index in [1.807, 2.05) is 36.4 Å². The van der Waals surface area contributed by atoms with Crippen LogP contribution in [0.2, 0.25) is 0 Å². The maximum Gasteiger partial charge on any atom is 0.254 e. The van der Waals surface area contributed by atoms with E-state index in [9.17, 15) is 9.59 Å². The first-order valence-corrected chi connectivity index (χ1v) is 9.42. The molecule has 0 radical (unpaired) electrons. The molecule has 2 aliphatic heterocycles. The van der Waals surface area contributed by atoms with E-state index in [-0.39, 0.29) is 11.7 Å². The summed E-state index contributed by atoms with van der Waals surface area (Å²) < 4.78 is 25.4. The van der Waals surface area contributed by atoms with Crippen molar-refractivity contribution in [3.05, 3.63) is 59.3 Å². The van der Waals surface area contributed by atoms with Crippen molar-refractivity contribution in [2.24, 2.45) is 0 Å². The molecule has 3 N–H and O–H groups in total. The van der Waals surface area contributed by atoms with Crippen LogP contribution in [-0.4, -0.2) is 52.6 Å². The number of benzene rings is 2. The topological polar surface area (TPSA) is 113 Å². The van der Waals surface area contributed by atoms with Crippen LogP contribution in [0.3, 0.4) is 0 Å². The molecular formula is C16H11N2NaO5S. The first-order chi connectivity index (χ1) is 11.9. The summed E-state index contributed by atoms with van der Waals surface area (Å²) in [5.74, 6) is -0.344. The number of amides is 1. The molecule has 0 aromatic heterocycles. The van der Waals surface area contributed by atoms with Crippen LogP contribution in [-0.2, 0) is 15.8 Å². The number of hydrogen-bond acceptors (Lipinski definition) is 5. The van der Waals surface area contributed by atoms with Crippen LogP contribution in [0, 0.1) is 0 Å². The van der Waals surface area contributed by atoms with Crippen molar-refractivity contribution in [2.75, 3.05) is 10.6 Å². The van der Waals surface area contributed by atoms with Crippen molar-refractivity contribution >= 4 is 70.4 Å². The van der Waals surface area contributed by atoms with Gasteiger partial charge < -0.3 is 0 Å². The fraction of sp³-hybridized carbons (Fsp3) is 0. The number of carbonyl (C=O) groups is 2. The third kappa shape index (κ3) is 3.53. The molecule has 0 aliphatic carbocycles. The summed E-state index contributed by atoms with van der Waals surface area (Å²) >= 11 is 0.899.